The summed E-state index contributed by atoms with van der Waals surface area (Å²) in [6.07, 6.45) is 1.59. The zero-order chi connectivity index (χ0) is 20.8. The number of hydrogen-bond acceptors (Lipinski definition) is 7. The third-order valence-electron chi connectivity index (χ3n) is 5.11. The van der Waals surface area contributed by atoms with Gasteiger partial charge in [0.2, 0.25) is 11.7 Å². The minimum atomic E-state index is 0.0270. The highest BCUT2D eigenvalue weighted by Gasteiger charge is 2.26. The largest absolute Gasteiger partial charge is 0.493 e. The van der Waals surface area contributed by atoms with Crippen molar-refractivity contribution >= 4 is 17.7 Å². The normalized spacial score (nSPS) is 14.7. The second-order valence-electron chi connectivity index (χ2n) is 6.99. The number of nitrogens with zero attached hydrogens (tertiary/aromatic N) is 2. The molecule has 158 valence electrons. The highest BCUT2D eigenvalue weighted by atomic mass is 32.2. The summed E-state index contributed by atoms with van der Waals surface area (Å²) in [4.78, 5) is 14.5. The second kappa shape index (κ2) is 9.91. The molecule has 0 bridgehead atoms. The van der Waals surface area contributed by atoms with Crippen molar-refractivity contribution in [1.29, 1.82) is 0 Å². The van der Waals surface area contributed by atoms with Crippen LogP contribution in [-0.4, -0.2) is 55.1 Å². The van der Waals surface area contributed by atoms with Crippen molar-refractivity contribution in [2.45, 2.75) is 38.5 Å². The fourth-order valence-electron chi connectivity index (χ4n) is 3.36. The SMILES string of the molecule is COc1cccc(OC)c1OC1CCN(C(=O)CSCc2c(C)noc2C)CC1. The van der Waals surface area contributed by atoms with Gasteiger partial charge in [0.15, 0.2) is 11.5 Å². The molecular weight excluding hydrogens is 392 g/mol. The molecular formula is C21H28N2O5S. The quantitative estimate of drug-likeness (QED) is 0.646. The van der Waals surface area contributed by atoms with Crippen LogP contribution in [0, 0.1) is 13.8 Å². The lowest BCUT2D eigenvalue weighted by molar-refractivity contribution is -0.130. The molecule has 1 aliphatic rings. The van der Waals surface area contributed by atoms with Crippen molar-refractivity contribution in [3.63, 3.8) is 0 Å². The van der Waals surface area contributed by atoms with Crippen LogP contribution in [0.5, 0.6) is 17.2 Å². The van der Waals surface area contributed by atoms with E-state index in [9.17, 15) is 4.79 Å². The first-order valence-electron chi connectivity index (χ1n) is 9.68. The maximum atomic E-state index is 12.5. The number of ether oxygens (including phenoxy) is 3. The summed E-state index contributed by atoms with van der Waals surface area (Å²) in [6, 6.07) is 5.57. The van der Waals surface area contributed by atoms with E-state index in [1.807, 2.05) is 36.9 Å². The van der Waals surface area contributed by atoms with Crippen LogP contribution in [0.15, 0.2) is 22.7 Å². The molecule has 1 aromatic heterocycles. The Bertz CT molecular complexity index is 789. The van der Waals surface area contributed by atoms with E-state index in [0.29, 0.717) is 36.1 Å². The topological polar surface area (TPSA) is 74.0 Å². The minimum absolute atomic E-state index is 0.0270. The maximum absolute atomic E-state index is 12.5. The van der Waals surface area contributed by atoms with Crippen LogP contribution in [0.3, 0.4) is 0 Å². The van der Waals surface area contributed by atoms with Crippen molar-refractivity contribution < 1.29 is 23.5 Å². The van der Waals surface area contributed by atoms with Crippen LogP contribution < -0.4 is 14.2 Å². The smallest absolute Gasteiger partial charge is 0.232 e. The highest BCUT2D eigenvalue weighted by molar-refractivity contribution is 7.99. The van der Waals surface area contributed by atoms with Gasteiger partial charge in [-0.2, -0.15) is 0 Å². The molecule has 2 aromatic rings. The number of aryl methyl sites for hydroxylation is 2. The number of piperidine rings is 1. The van der Waals surface area contributed by atoms with Gasteiger partial charge in [-0.3, -0.25) is 4.79 Å². The molecule has 1 aromatic carbocycles. The van der Waals surface area contributed by atoms with Crippen molar-refractivity contribution in [2.24, 2.45) is 0 Å². The number of methoxy groups -OCH3 is 2. The van der Waals surface area contributed by atoms with E-state index in [2.05, 4.69) is 5.16 Å². The second-order valence-corrected chi connectivity index (χ2v) is 7.97. The molecule has 0 unspecified atom stereocenters. The first-order chi connectivity index (χ1) is 14.0. The van der Waals surface area contributed by atoms with E-state index in [1.54, 1.807) is 26.0 Å². The van der Waals surface area contributed by atoms with Gasteiger partial charge in [-0.15, -0.1) is 11.8 Å². The third kappa shape index (κ3) is 5.18. The number of amides is 1. The molecule has 1 fully saturated rings. The summed E-state index contributed by atoms with van der Waals surface area (Å²) in [5.74, 6) is 4.10. The Morgan fingerprint density at radius 2 is 1.86 bits per heavy atom. The van der Waals surface area contributed by atoms with Gasteiger partial charge >= 0.3 is 0 Å². The van der Waals surface area contributed by atoms with Crippen LogP contribution in [-0.2, 0) is 10.5 Å². The van der Waals surface area contributed by atoms with Crippen molar-refractivity contribution in [3.05, 3.63) is 35.2 Å². The molecule has 0 aliphatic carbocycles. The summed E-state index contributed by atoms with van der Waals surface area (Å²) < 4.78 is 22.1. The summed E-state index contributed by atoms with van der Waals surface area (Å²) in [6.45, 7) is 5.20. The van der Waals surface area contributed by atoms with Gasteiger partial charge in [0.1, 0.15) is 11.9 Å². The molecule has 0 spiro atoms. The van der Waals surface area contributed by atoms with Gasteiger partial charge < -0.3 is 23.6 Å². The molecule has 2 heterocycles. The van der Waals surface area contributed by atoms with Gasteiger partial charge in [-0.05, 0) is 26.0 Å². The Kier molecular flexibility index (Phi) is 7.30. The van der Waals surface area contributed by atoms with Gasteiger partial charge in [-0.1, -0.05) is 11.2 Å². The van der Waals surface area contributed by atoms with E-state index >= 15 is 0 Å². The number of para-hydroxylation sites is 1. The Balaban J connectivity index is 1.47. The Morgan fingerprint density at radius 3 is 2.41 bits per heavy atom. The lowest BCUT2D eigenvalue weighted by Crippen LogP contribution is -2.42. The molecule has 0 radical (unpaired) electrons. The predicted molar refractivity (Wildman–Crippen MR) is 112 cm³/mol. The summed E-state index contributed by atoms with van der Waals surface area (Å²) in [7, 11) is 3.23. The number of hydrogen-bond donors (Lipinski definition) is 0. The molecule has 8 heteroatoms. The Labute approximate surface area is 175 Å². The number of carbonyl (C=O) groups is 1. The summed E-state index contributed by atoms with van der Waals surface area (Å²) in [5.41, 5.74) is 1.98. The van der Waals surface area contributed by atoms with Gasteiger partial charge in [0, 0.05) is 37.2 Å². The first-order valence-corrected chi connectivity index (χ1v) is 10.8. The standard InChI is InChI=1S/C21H28N2O5S/c1-14-17(15(2)28-22-14)12-29-13-20(24)23-10-8-16(9-11-23)27-21-18(25-3)6-5-7-19(21)26-4/h5-7,16H,8-13H2,1-4H3. The maximum Gasteiger partial charge on any atom is 0.232 e. The lowest BCUT2D eigenvalue weighted by atomic mass is 10.1. The molecule has 1 amide bonds. The molecule has 0 atom stereocenters. The number of rotatable bonds is 8. The monoisotopic (exact) mass is 420 g/mol. The zero-order valence-electron chi connectivity index (χ0n) is 17.4. The fourth-order valence-corrected chi connectivity index (χ4v) is 4.44. The molecule has 3 rings (SSSR count). The predicted octanol–water partition coefficient (Wildman–Crippen LogP) is 3.61. The first kappa shape index (κ1) is 21.4. The third-order valence-corrected chi connectivity index (χ3v) is 6.06. The zero-order valence-corrected chi connectivity index (χ0v) is 18.2. The van der Waals surface area contributed by atoms with Crippen LogP contribution >= 0.6 is 11.8 Å². The minimum Gasteiger partial charge on any atom is -0.493 e. The van der Waals surface area contributed by atoms with Gasteiger partial charge in [0.25, 0.3) is 0 Å². The lowest BCUT2D eigenvalue weighted by Gasteiger charge is -2.32. The highest BCUT2D eigenvalue weighted by Crippen LogP contribution is 2.38. The van der Waals surface area contributed by atoms with E-state index in [-0.39, 0.29) is 12.0 Å². The molecule has 1 saturated heterocycles. The number of benzene rings is 1. The molecule has 29 heavy (non-hydrogen) atoms. The average molecular weight is 421 g/mol. The molecule has 0 saturated carbocycles. The van der Waals surface area contributed by atoms with Crippen LogP contribution in [0.4, 0.5) is 0 Å². The number of aromatic nitrogens is 1. The van der Waals surface area contributed by atoms with Crippen LogP contribution in [0.1, 0.15) is 29.9 Å². The number of thioether (sulfide) groups is 1. The van der Waals surface area contributed by atoms with E-state index in [4.69, 9.17) is 18.7 Å². The van der Waals surface area contributed by atoms with Crippen molar-refractivity contribution in [3.8, 4) is 17.2 Å². The summed E-state index contributed by atoms with van der Waals surface area (Å²) >= 11 is 1.60. The van der Waals surface area contributed by atoms with Gasteiger partial charge in [0.05, 0.1) is 25.7 Å². The van der Waals surface area contributed by atoms with Crippen molar-refractivity contribution in [1.82, 2.24) is 10.1 Å². The number of carbonyl (C=O) groups excluding carboxylic acids is 1. The van der Waals surface area contributed by atoms with E-state index in [0.717, 1.165) is 35.6 Å². The van der Waals surface area contributed by atoms with Crippen molar-refractivity contribution in [2.75, 3.05) is 33.1 Å². The molecule has 0 N–H and O–H groups in total. The van der Waals surface area contributed by atoms with Crippen LogP contribution in [0.25, 0.3) is 0 Å². The van der Waals surface area contributed by atoms with Gasteiger partial charge in [-0.25, -0.2) is 0 Å². The summed E-state index contributed by atoms with van der Waals surface area (Å²) in [5, 5.41) is 3.96. The molecule has 7 nitrogen and oxygen atoms in total. The Hall–Kier alpha value is -2.35. The Morgan fingerprint density at radius 1 is 1.21 bits per heavy atom. The van der Waals surface area contributed by atoms with Crippen LogP contribution in [0.2, 0.25) is 0 Å². The molecule has 1 aliphatic heterocycles. The number of likely N-dealkylation sites (tertiary alicyclic amines) is 1. The van der Waals surface area contributed by atoms with E-state index < -0.39 is 0 Å². The van der Waals surface area contributed by atoms with E-state index in [1.165, 1.54) is 0 Å². The fraction of sp³-hybridized carbons (Fsp3) is 0.524. The average Bonchev–Trinajstić information content (AvgIpc) is 3.06.